The molecule has 2 atom stereocenters. The van der Waals surface area contributed by atoms with Gasteiger partial charge in [0.2, 0.25) is 11.3 Å². The number of hydrogen-bond donors (Lipinski definition) is 2. The lowest BCUT2D eigenvalue weighted by Crippen LogP contribution is -3.22. The number of ether oxygens (including phenoxy) is 1. The maximum absolute atomic E-state index is 12.9. The Morgan fingerprint density at radius 1 is 1.29 bits per heavy atom. The molecule has 0 aromatic carbocycles. The molecule has 0 saturated carbocycles. The summed E-state index contributed by atoms with van der Waals surface area (Å²) < 4.78 is 11.2. The lowest BCUT2D eigenvalue weighted by Gasteiger charge is -2.35. The molecular formula is C13H19N4O4+. The molecule has 2 N–H and O–H groups in total. The van der Waals surface area contributed by atoms with E-state index in [1.165, 1.54) is 0 Å². The van der Waals surface area contributed by atoms with Crippen molar-refractivity contribution < 1.29 is 24.1 Å². The first-order valence-corrected chi connectivity index (χ1v) is 7.36. The Labute approximate surface area is 121 Å². The molecule has 0 amide bonds. The first-order chi connectivity index (χ1) is 10.1. The van der Waals surface area contributed by atoms with Gasteiger partial charge >= 0.3 is 0 Å². The van der Waals surface area contributed by atoms with Crippen LogP contribution in [0.2, 0.25) is 0 Å². The Kier molecular flexibility index (Phi) is 2.66. The van der Waals surface area contributed by atoms with Gasteiger partial charge in [-0.3, -0.25) is 4.90 Å². The van der Waals surface area contributed by atoms with Crippen molar-refractivity contribution in [2.75, 3.05) is 26.3 Å². The normalized spacial score (nSPS) is 36.7. The highest BCUT2D eigenvalue weighted by Gasteiger charge is 2.65. The molecule has 114 valence electrons. The van der Waals surface area contributed by atoms with Crippen molar-refractivity contribution in [3.05, 3.63) is 16.6 Å². The minimum Gasteiger partial charge on any atom is -0.619 e. The van der Waals surface area contributed by atoms with Gasteiger partial charge in [0.15, 0.2) is 5.69 Å². The molecule has 0 bridgehead atoms. The van der Waals surface area contributed by atoms with Gasteiger partial charge in [0.05, 0.1) is 20.1 Å². The number of rotatable bonds is 1. The number of hydroxylamine groups is 1. The molecule has 21 heavy (non-hydrogen) atoms. The largest absolute Gasteiger partial charge is 0.619 e. The Morgan fingerprint density at radius 2 is 2.05 bits per heavy atom. The molecule has 0 unspecified atom stereocenters. The van der Waals surface area contributed by atoms with Crippen LogP contribution in [0.3, 0.4) is 0 Å². The van der Waals surface area contributed by atoms with Crippen LogP contribution in [0.25, 0.3) is 0 Å². The van der Waals surface area contributed by atoms with Crippen molar-refractivity contribution in [2.24, 2.45) is 0 Å². The zero-order valence-electron chi connectivity index (χ0n) is 12.0. The molecular weight excluding hydrogens is 276 g/mol. The van der Waals surface area contributed by atoms with Gasteiger partial charge in [-0.1, -0.05) is 10.3 Å². The topological polar surface area (TPSA) is 98.9 Å². The van der Waals surface area contributed by atoms with Crippen LogP contribution < -0.4 is 4.90 Å². The molecule has 8 nitrogen and oxygen atoms in total. The van der Waals surface area contributed by atoms with E-state index in [4.69, 9.17) is 9.37 Å². The number of aryl methyl sites for hydroxylation is 1. The zero-order valence-corrected chi connectivity index (χ0v) is 12.0. The van der Waals surface area contributed by atoms with Crippen LogP contribution in [0.4, 0.5) is 0 Å². The first-order valence-electron chi connectivity index (χ1n) is 7.36. The fraction of sp³-hybridized carbons (Fsp3) is 0.769. The van der Waals surface area contributed by atoms with Gasteiger partial charge in [0, 0.05) is 12.8 Å². The maximum atomic E-state index is 12.9. The van der Waals surface area contributed by atoms with E-state index in [2.05, 4.69) is 10.3 Å². The summed E-state index contributed by atoms with van der Waals surface area (Å²) in [5.74, 6) is 0. The van der Waals surface area contributed by atoms with Crippen molar-refractivity contribution in [2.45, 2.75) is 37.5 Å². The molecule has 4 rings (SSSR count). The summed E-state index contributed by atoms with van der Waals surface area (Å²) in [6, 6.07) is 0. The van der Waals surface area contributed by atoms with Crippen molar-refractivity contribution >= 4 is 5.71 Å². The van der Waals surface area contributed by atoms with Crippen molar-refractivity contribution in [3.63, 3.8) is 0 Å². The highest BCUT2D eigenvalue weighted by atomic mass is 16.6. The number of aliphatic hydroxyl groups is 1. The number of nitrogens with zero attached hydrogens (tertiary/aromatic N) is 3. The van der Waals surface area contributed by atoms with Crippen molar-refractivity contribution in [3.8, 4) is 0 Å². The third-order valence-electron chi connectivity index (χ3n) is 5.18. The third kappa shape index (κ3) is 1.63. The number of nitrogens with one attached hydrogen (secondary N) is 1. The summed E-state index contributed by atoms with van der Waals surface area (Å²) in [6.45, 7) is 4.73. The lowest BCUT2D eigenvalue weighted by molar-refractivity contribution is -1.04. The molecule has 2 aliphatic heterocycles. The van der Waals surface area contributed by atoms with Crippen LogP contribution >= 0.6 is 0 Å². The Hall–Kier alpha value is -1.51. The molecule has 3 heterocycles. The quantitative estimate of drug-likeness (QED) is 0.468. The monoisotopic (exact) mass is 295 g/mol. The van der Waals surface area contributed by atoms with E-state index in [0.717, 1.165) is 22.7 Å². The summed E-state index contributed by atoms with van der Waals surface area (Å²) in [5.41, 5.74) is -0.465. The maximum Gasteiger partial charge on any atom is 0.298 e. The van der Waals surface area contributed by atoms with Gasteiger partial charge in [-0.05, 0) is 0 Å². The van der Waals surface area contributed by atoms with E-state index in [1.807, 2.05) is 6.92 Å². The summed E-state index contributed by atoms with van der Waals surface area (Å²) >= 11 is 0. The molecule has 3 aliphatic rings. The summed E-state index contributed by atoms with van der Waals surface area (Å²) in [5, 5.41) is 31.7. The highest BCUT2D eigenvalue weighted by Crippen LogP contribution is 2.41. The van der Waals surface area contributed by atoms with Crippen molar-refractivity contribution in [1.82, 2.24) is 10.3 Å². The van der Waals surface area contributed by atoms with E-state index < -0.39 is 11.3 Å². The average molecular weight is 295 g/mol. The van der Waals surface area contributed by atoms with Crippen LogP contribution in [0.15, 0.2) is 4.63 Å². The lowest BCUT2D eigenvalue weighted by atomic mass is 9.81. The number of hydrogen-bond acceptors (Lipinski definition) is 6. The summed E-state index contributed by atoms with van der Waals surface area (Å²) in [6.07, 6.45) is 1.40. The van der Waals surface area contributed by atoms with E-state index in [9.17, 15) is 10.3 Å². The molecule has 1 aromatic rings. The second kappa shape index (κ2) is 4.25. The van der Waals surface area contributed by atoms with Gasteiger partial charge in [-0.25, -0.2) is 4.63 Å². The van der Waals surface area contributed by atoms with Crippen LogP contribution in [-0.2, 0) is 16.8 Å². The predicted octanol–water partition coefficient (Wildman–Crippen LogP) is -1.81. The van der Waals surface area contributed by atoms with Gasteiger partial charge in [-0.2, -0.15) is 4.74 Å². The smallest absolute Gasteiger partial charge is 0.298 e. The second-order valence-corrected chi connectivity index (χ2v) is 6.33. The highest BCUT2D eigenvalue weighted by molar-refractivity contribution is 5.92. The Morgan fingerprint density at radius 3 is 2.81 bits per heavy atom. The zero-order chi connectivity index (χ0) is 14.7. The summed E-state index contributed by atoms with van der Waals surface area (Å²) in [4.78, 5) is 1.15. The number of aromatic nitrogens is 2. The van der Waals surface area contributed by atoms with Crippen LogP contribution in [-0.4, -0.2) is 57.8 Å². The fourth-order valence-electron chi connectivity index (χ4n) is 4.01. The number of morpholine rings is 1. The molecule has 1 aromatic heterocycles. The molecule has 1 aliphatic carbocycles. The fourth-order valence-corrected chi connectivity index (χ4v) is 4.01. The molecule has 0 radical (unpaired) electrons. The minimum atomic E-state index is -1.34. The SMILES string of the molecule is C[C@]1([NH+]2CCOCC2)C[C@]2(O)C(=[N+]1[O-])CCc1nonc12. The molecule has 0 spiro atoms. The van der Waals surface area contributed by atoms with Crippen LogP contribution in [0, 0.1) is 5.21 Å². The average Bonchev–Trinajstić information content (AvgIpc) is 3.04. The third-order valence-corrected chi connectivity index (χ3v) is 5.18. The number of fused-ring (bicyclic) bond motifs is 3. The first kappa shape index (κ1) is 13.2. The second-order valence-electron chi connectivity index (χ2n) is 6.33. The van der Waals surface area contributed by atoms with Crippen LogP contribution in [0.5, 0.6) is 0 Å². The van der Waals surface area contributed by atoms with Gasteiger partial charge < -0.3 is 15.1 Å². The van der Waals surface area contributed by atoms with E-state index in [0.29, 0.717) is 49.6 Å². The standard InChI is InChI=1S/C13H18N4O4/c1-12(16-4-6-20-7-5-16)8-13(18)10(17(12)19)3-2-9-11(13)15-21-14-9/h18H,2-8H2,1H3/p+1/t12-,13+/m1/s1. The van der Waals surface area contributed by atoms with E-state index in [1.54, 1.807) is 0 Å². The number of quaternary nitrogens is 1. The van der Waals surface area contributed by atoms with Crippen LogP contribution in [0.1, 0.15) is 31.2 Å². The Bertz CT molecular complexity index is 609. The molecule has 8 heteroatoms. The molecule has 1 saturated heterocycles. The predicted molar refractivity (Wildman–Crippen MR) is 69.7 cm³/mol. The van der Waals surface area contributed by atoms with Crippen molar-refractivity contribution in [1.29, 1.82) is 0 Å². The molecule has 1 fully saturated rings. The Balaban J connectivity index is 1.77. The van der Waals surface area contributed by atoms with Gasteiger partial charge in [0.25, 0.3) is 5.66 Å². The van der Waals surface area contributed by atoms with Gasteiger partial charge in [-0.15, -0.1) is 0 Å². The summed E-state index contributed by atoms with van der Waals surface area (Å²) in [7, 11) is 0. The van der Waals surface area contributed by atoms with E-state index >= 15 is 0 Å². The van der Waals surface area contributed by atoms with Gasteiger partial charge in [0.1, 0.15) is 25.2 Å². The minimum absolute atomic E-state index is 0.315. The van der Waals surface area contributed by atoms with E-state index in [-0.39, 0.29) is 0 Å².